The summed E-state index contributed by atoms with van der Waals surface area (Å²) in [6.07, 6.45) is 1.49. The predicted octanol–water partition coefficient (Wildman–Crippen LogP) is 0.394. The number of amides is 1. The van der Waals surface area contributed by atoms with Crippen LogP contribution in [-0.2, 0) is 9.53 Å². The molecule has 0 saturated carbocycles. The Hall–Kier alpha value is -0.550. The lowest BCUT2D eigenvalue weighted by Gasteiger charge is -2.20. The van der Waals surface area contributed by atoms with Crippen LogP contribution in [-0.4, -0.2) is 24.3 Å². The molecule has 0 aromatic carbocycles. The van der Waals surface area contributed by atoms with Gasteiger partial charge < -0.3 is 10.1 Å². The van der Waals surface area contributed by atoms with Crippen LogP contribution in [0, 0.1) is 11.3 Å². The third-order valence-corrected chi connectivity index (χ3v) is 1.95. The standard InChI is InChI=1S/C7H12N2O2S/c8-7(12)9-6(10)5-1-3-11-4-2-5/h5H,1-4H2,(H3,8,9,10,12). The Morgan fingerprint density at radius 3 is 2.58 bits per heavy atom. The smallest absolute Gasteiger partial charge is 0.229 e. The molecule has 5 heteroatoms. The van der Waals surface area contributed by atoms with Crippen LogP contribution in [0.5, 0.6) is 0 Å². The molecule has 0 aliphatic carbocycles. The highest BCUT2D eigenvalue weighted by atomic mass is 32.1. The Morgan fingerprint density at radius 2 is 2.08 bits per heavy atom. The summed E-state index contributed by atoms with van der Waals surface area (Å²) in [5.41, 5.74) is 0. The molecule has 1 aliphatic heterocycles. The highest BCUT2D eigenvalue weighted by Gasteiger charge is 2.21. The van der Waals surface area contributed by atoms with E-state index in [-0.39, 0.29) is 17.0 Å². The minimum absolute atomic E-state index is 0.00810. The molecule has 2 N–H and O–H groups in total. The Kier molecular flexibility index (Phi) is 3.55. The summed E-state index contributed by atoms with van der Waals surface area (Å²) in [5, 5.41) is 9.22. The lowest BCUT2D eigenvalue weighted by molar-refractivity contribution is -0.126. The fraction of sp³-hybridized carbons (Fsp3) is 0.714. The van der Waals surface area contributed by atoms with Crippen LogP contribution in [0.15, 0.2) is 0 Å². The molecule has 1 fully saturated rings. The number of amidine groups is 1. The van der Waals surface area contributed by atoms with Gasteiger partial charge in [-0.3, -0.25) is 10.2 Å². The van der Waals surface area contributed by atoms with Crippen LogP contribution in [0.2, 0.25) is 0 Å². The molecule has 0 spiro atoms. The van der Waals surface area contributed by atoms with Crippen molar-refractivity contribution in [2.75, 3.05) is 13.2 Å². The first kappa shape index (κ1) is 9.54. The van der Waals surface area contributed by atoms with Crippen molar-refractivity contribution < 1.29 is 9.53 Å². The molecule has 1 saturated heterocycles. The van der Waals surface area contributed by atoms with Gasteiger partial charge in [0.25, 0.3) is 0 Å². The van der Waals surface area contributed by atoms with Gasteiger partial charge in [-0.05, 0) is 12.8 Å². The molecule has 12 heavy (non-hydrogen) atoms. The minimum atomic E-state index is -0.113. The number of carbonyl (C=O) groups excluding carboxylic acids is 1. The first-order chi connectivity index (χ1) is 5.70. The number of rotatable bonds is 1. The van der Waals surface area contributed by atoms with Gasteiger partial charge in [-0.1, -0.05) is 0 Å². The predicted molar refractivity (Wildman–Crippen MR) is 48.4 cm³/mol. The summed E-state index contributed by atoms with van der Waals surface area (Å²) in [6.45, 7) is 1.27. The van der Waals surface area contributed by atoms with Gasteiger partial charge in [0.1, 0.15) is 0 Å². The molecule has 0 unspecified atom stereocenters. The Labute approximate surface area is 76.6 Å². The maximum Gasteiger partial charge on any atom is 0.229 e. The maximum atomic E-state index is 11.3. The molecule has 0 radical (unpaired) electrons. The molecule has 4 nitrogen and oxygen atoms in total. The number of ether oxygens (including phenoxy) is 1. The topological polar surface area (TPSA) is 62.2 Å². The Bertz CT molecular complexity index is 190. The summed E-state index contributed by atoms with van der Waals surface area (Å²) >= 11 is 3.68. The van der Waals surface area contributed by atoms with Crippen molar-refractivity contribution in [3.8, 4) is 0 Å². The maximum absolute atomic E-state index is 11.3. The third kappa shape index (κ3) is 2.83. The van der Waals surface area contributed by atoms with Gasteiger partial charge in [-0.15, -0.1) is 12.6 Å². The molecule has 1 rings (SSSR count). The van der Waals surface area contributed by atoms with Crippen LogP contribution in [0.1, 0.15) is 12.8 Å². The van der Waals surface area contributed by atoms with Crippen molar-refractivity contribution in [3.63, 3.8) is 0 Å². The molecule has 1 heterocycles. The lowest BCUT2D eigenvalue weighted by atomic mass is 10.00. The second-order valence-corrected chi connectivity index (χ2v) is 3.17. The number of hydrogen-bond acceptors (Lipinski definition) is 3. The normalized spacial score (nSPS) is 18.8. The van der Waals surface area contributed by atoms with E-state index in [1.807, 2.05) is 0 Å². The number of thiol groups is 1. The molecule has 0 aromatic rings. The molecule has 0 aromatic heterocycles. The summed E-state index contributed by atoms with van der Waals surface area (Å²) < 4.78 is 5.10. The summed E-state index contributed by atoms with van der Waals surface area (Å²) in [7, 11) is 0. The SMILES string of the molecule is N=C(S)NC(=O)C1CCOCC1. The Morgan fingerprint density at radius 1 is 1.50 bits per heavy atom. The lowest BCUT2D eigenvalue weighted by Crippen LogP contribution is -2.35. The van der Waals surface area contributed by atoms with Crippen molar-refractivity contribution in [1.82, 2.24) is 5.32 Å². The molecule has 1 aliphatic rings. The van der Waals surface area contributed by atoms with Crippen LogP contribution < -0.4 is 5.32 Å². The molecular formula is C7H12N2O2S. The van der Waals surface area contributed by atoms with E-state index in [4.69, 9.17) is 10.1 Å². The van der Waals surface area contributed by atoms with Gasteiger partial charge in [-0.2, -0.15) is 0 Å². The molecule has 1 amide bonds. The number of carbonyl (C=O) groups is 1. The van der Waals surface area contributed by atoms with E-state index in [0.717, 1.165) is 12.8 Å². The summed E-state index contributed by atoms with van der Waals surface area (Å²) in [4.78, 5) is 11.3. The van der Waals surface area contributed by atoms with Crippen LogP contribution >= 0.6 is 12.6 Å². The zero-order chi connectivity index (χ0) is 8.97. The van der Waals surface area contributed by atoms with Gasteiger partial charge in [0.05, 0.1) is 0 Å². The first-order valence-corrected chi connectivity index (χ1v) is 4.31. The average molecular weight is 188 g/mol. The average Bonchev–Trinajstić information content (AvgIpc) is 2.05. The molecule has 68 valence electrons. The van der Waals surface area contributed by atoms with Crippen LogP contribution in [0.25, 0.3) is 0 Å². The summed E-state index contributed by atoms with van der Waals surface area (Å²) in [6, 6.07) is 0. The third-order valence-electron chi connectivity index (χ3n) is 1.83. The largest absolute Gasteiger partial charge is 0.381 e. The highest BCUT2D eigenvalue weighted by Crippen LogP contribution is 2.14. The van der Waals surface area contributed by atoms with Gasteiger partial charge in [0.15, 0.2) is 5.17 Å². The highest BCUT2D eigenvalue weighted by molar-refractivity contribution is 7.96. The van der Waals surface area contributed by atoms with E-state index in [0.29, 0.717) is 13.2 Å². The van der Waals surface area contributed by atoms with Crippen molar-refractivity contribution in [3.05, 3.63) is 0 Å². The first-order valence-electron chi connectivity index (χ1n) is 3.86. The van der Waals surface area contributed by atoms with E-state index in [9.17, 15) is 4.79 Å². The van der Waals surface area contributed by atoms with Gasteiger partial charge in [0, 0.05) is 19.1 Å². The van der Waals surface area contributed by atoms with Crippen molar-refractivity contribution in [2.45, 2.75) is 12.8 Å². The van der Waals surface area contributed by atoms with Crippen molar-refractivity contribution in [1.29, 1.82) is 5.41 Å². The number of hydrogen-bond donors (Lipinski definition) is 3. The quantitative estimate of drug-likeness (QED) is 0.317. The zero-order valence-corrected chi connectivity index (χ0v) is 7.56. The van der Waals surface area contributed by atoms with E-state index in [1.165, 1.54) is 0 Å². The van der Waals surface area contributed by atoms with E-state index in [2.05, 4.69) is 17.9 Å². The molecular weight excluding hydrogens is 176 g/mol. The monoisotopic (exact) mass is 188 g/mol. The van der Waals surface area contributed by atoms with Gasteiger partial charge in [0.2, 0.25) is 5.91 Å². The fourth-order valence-electron chi connectivity index (χ4n) is 1.18. The van der Waals surface area contributed by atoms with Crippen molar-refractivity contribution >= 4 is 23.7 Å². The van der Waals surface area contributed by atoms with Gasteiger partial charge >= 0.3 is 0 Å². The Balaban J connectivity index is 2.34. The molecule has 0 bridgehead atoms. The zero-order valence-electron chi connectivity index (χ0n) is 6.67. The summed E-state index contributed by atoms with van der Waals surface area (Å²) in [5.74, 6) is -0.121. The number of nitrogens with one attached hydrogen (secondary N) is 2. The minimum Gasteiger partial charge on any atom is -0.381 e. The molecule has 0 atom stereocenters. The van der Waals surface area contributed by atoms with Crippen LogP contribution in [0.4, 0.5) is 0 Å². The van der Waals surface area contributed by atoms with Crippen molar-refractivity contribution in [2.24, 2.45) is 5.92 Å². The van der Waals surface area contributed by atoms with E-state index < -0.39 is 0 Å². The second-order valence-electron chi connectivity index (χ2n) is 2.72. The van der Waals surface area contributed by atoms with Crippen LogP contribution in [0.3, 0.4) is 0 Å². The van der Waals surface area contributed by atoms with Gasteiger partial charge in [-0.25, -0.2) is 0 Å². The second kappa shape index (κ2) is 4.47. The van der Waals surface area contributed by atoms with E-state index >= 15 is 0 Å². The fourth-order valence-corrected chi connectivity index (χ4v) is 1.29. The van der Waals surface area contributed by atoms with E-state index in [1.54, 1.807) is 0 Å².